The molecule has 158 valence electrons. The number of carbonyl (C=O) groups is 3. The first-order valence-corrected chi connectivity index (χ1v) is 10.3. The molecular formula is C23H22N4O3S. The normalized spacial score (nSPS) is 10.3. The molecule has 2 N–H and O–H groups in total. The summed E-state index contributed by atoms with van der Waals surface area (Å²) in [5, 5.41) is 5.59. The first kappa shape index (κ1) is 22.0. The Bertz CT molecular complexity index is 1100. The molecule has 7 nitrogen and oxygen atoms in total. The molecule has 0 aliphatic carbocycles. The molecule has 8 heteroatoms. The molecule has 1 aromatic heterocycles. The molecule has 0 spiro atoms. The number of carbonyl (C=O) groups excluding carboxylic acids is 3. The maximum absolute atomic E-state index is 12.9. The van der Waals surface area contributed by atoms with Crippen molar-refractivity contribution in [3.05, 3.63) is 83.7 Å². The summed E-state index contributed by atoms with van der Waals surface area (Å²) in [5.74, 6) is -0.670. The van der Waals surface area contributed by atoms with Crippen molar-refractivity contribution in [2.45, 2.75) is 11.8 Å². The molecule has 2 aromatic carbocycles. The van der Waals surface area contributed by atoms with Crippen molar-refractivity contribution in [2.75, 3.05) is 24.7 Å². The van der Waals surface area contributed by atoms with E-state index in [1.807, 2.05) is 13.0 Å². The molecule has 0 saturated carbocycles. The van der Waals surface area contributed by atoms with E-state index in [4.69, 9.17) is 0 Å². The number of nitrogens with one attached hydrogen (secondary N) is 2. The van der Waals surface area contributed by atoms with Crippen LogP contribution in [0.3, 0.4) is 0 Å². The zero-order chi connectivity index (χ0) is 22.4. The zero-order valence-corrected chi connectivity index (χ0v) is 18.2. The standard InChI is InChI=1S/C23H22N4O3S/c1-15-5-4-6-19(20(15)26-21(28)16-11-13-24-14-12-16)22(29)25-17-7-9-18(10-8-17)31-23(30)27(2)3/h4-14H,1-3H3,(H,25,29)(H,26,28). The number of thioether (sulfide) groups is 1. The summed E-state index contributed by atoms with van der Waals surface area (Å²) >= 11 is 1.11. The summed E-state index contributed by atoms with van der Waals surface area (Å²) in [6.07, 6.45) is 3.07. The molecule has 0 atom stereocenters. The third kappa shape index (κ3) is 5.70. The Labute approximate surface area is 184 Å². The highest BCUT2D eigenvalue weighted by atomic mass is 32.2. The van der Waals surface area contributed by atoms with Gasteiger partial charge in [-0.1, -0.05) is 12.1 Å². The first-order chi connectivity index (χ1) is 14.8. The van der Waals surface area contributed by atoms with Crippen LogP contribution >= 0.6 is 11.8 Å². The van der Waals surface area contributed by atoms with Crippen LogP contribution in [0, 0.1) is 6.92 Å². The largest absolute Gasteiger partial charge is 0.339 e. The smallest absolute Gasteiger partial charge is 0.285 e. The average Bonchev–Trinajstić information content (AvgIpc) is 2.76. The molecule has 0 bridgehead atoms. The molecule has 0 fully saturated rings. The third-order valence-electron chi connectivity index (χ3n) is 4.38. The summed E-state index contributed by atoms with van der Waals surface area (Å²) in [4.78, 5) is 43.5. The van der Waals surface area contributed by atoms with Gasteiger partial charge in [-0.3, -0.25) is 19.4 Å². The summed E-state index contributed by atoms with van der Waals surface area (Å²) in [5.41, 5.74) is 2.60. The van der Waals surface area contributed by atoms with Crippen LogP contribution in [0.1, 0.15) is 26.3 Å². The van der Waals surface area contributed by atoms with E-state index in [0.29, 0.717) is 22.5 Å². The van der Waals surface area contributed by atoms with E-state index in [2.05, 4.69) is 15.6 Å². The van der Waals surface area contributed by atoms with Crippen LogP contribution in [0.25, 0.3) is 0 Å². The van der Waals surface area contributed by atoms with Gasteiger partial charge in [0.25, 0.3) is 17.1 Å². The molecule has 1 heterocycles. The predicted octanol–water partition coefficient (Wildman–Crippen LogP) is 4.67. The van der Waals surface area contributed by atoms with Gasteiger partial charge in [-0.15, -0.1) is 0 Å². The molecule has 3 aromatic rings. The van der Waals surface area contributed by atoms with E-state index in [0.717, 1.165) is 22.2 Å². The Morgan fingerprint density at radius 2 is 1.55 bits per heavy atom. The van der Waals surface area contributed by atoms with Gasteiger partial charge in [-0.25, -0.2) is 0 Å². The maximum atomic E-state index is 12.9. The Balaban J connectivity index is 1.75. The predicted molar refractivity (Wildman–Crippen MR) is 123 cm³/mol. The number of benzene rings is 2. The highest BCUT2D eigenvalue weighted by molar-refractivity contribution is 8.13. The second-order valence-corrected chi connectivity index (χ2v) is 7.95. The maximum Gasteiger partial charge on any atom is 0.285 e. The lowest BCUT2D eigenvalue weighted by Gasteiger charge is -2.14. The molecule has 0 aliphatic rings. The van der Waals surface area contributed by atoms with Crippen LogP contribution in [0.15, 0.2) is 71.9 Å². The minimum Gasteiger partial charge on any atom is -0.339 e. The van der Waals surface area contributed by atoms with Gasteiger partial charge < -0.3 is 15.5 Å². The number of anilines is 2. The van der Waals surface area contributed by atoms with Crippen molar-refractivity contribution in [3.8, 4) is 0 Å². The van der Waals surface area contributed by atoms with E-state index in [-0.39, 0.29) is 17.1 Å². The van der Waals surface area contributed by atoms with E-state index in [9.17, 15) is 14.4 Å². The molecule has 0 aliphatic heterocycles. The minimum atomic E-state index is -0.349. The van der Waals surface area contributed by atoms with Crippen LogP contribution in [-0.2, 0) is 0 Å². The summed E-state index contributed by atoms with van der Waals surface area (Å²) < 4.78 is 0. The van der Waals surface area contributed by atoms with Crippen LogP contribution in [0.5, 0.6) is 0 Å². The van der Waals surface area contributed by atoms with E-state index in [1.54, 1.807) is 62.6 Å². The first-order valence-electron chi connectivity index (χ1n) is 9.46. The second kappa shape index (κ2) is 9.90. The van der Waals surface area contributed by atoms with E-state index in [1.165, 1.54) is 17.3 Å². The Morgan fingerprint density at radius 1 is 0.871 bits per heavy atom. The number of para-hydroxylation sites is 1. The molecule has 3 amide bonds. The lowest BCUT2D eigenvalue weighted by atomic mass is 10.1. The van der Waals surface area contributed by atoms with Gasteiger partial charge in [-0.2, -0.15) is 0 Å². The summed E-state index contributed by atoms with van der Waals surface area (Å²) in [7, 11) is 3.38. The number of nitrogens with zero attached hydrogens (tertiary/aromatic N) is 2. The van der Waals surface area contributed by atoms with Crippen molar-refractivity contribution >= 4 is 40.2 Å². The van der Waals surface area contributed by atoms with Crippen molar-refractivity contribution in [3.63, 3.8) is 0 Å². The van der Waals surface area contributed by atoms with Crippen molar-refractivity contribution in [2.24, 2.45) is 0 Å². The molecule has 3 rings (SSSR count). The van der Waals surface area contributed by atoms with Crippen LogP contribution in [0.4, 0.5) is 16.2 Å². The topological polar surface area (TPSA) is 91.4 Å². The lowest BCUT2D eigenvalue weighted by Crippen LogP contribution is -2.19. The molecule has 31 heavy (non-hydrogen) atoms. The highest BCUT2D eigenvalue weighted by Crippen LogP contribution is 2.25. The Hall–Kier alpha value is -3.65. The number of hydrogen-bond donors (Lipinski definition) is 2. The fourth-order valence-electron chi connectivity index (χ4n) is 2.71. The summed E-state index contributed by atoms with van der Waals surface area (Å²) in [6, 6.07) is 15.5. The quantitative estimate of drug-likeness (QED) is 0.570. The number of aryl methyl sites for hydroxylation is 1. The monoisotopic (exact) mass is 434 g/mol. The third-order valence-corrected chi connectivity index (χ3v) is 5.43. The number of hydrogen-bond acceptors (Lipinski definition) is 5. The van der Waals surface area contributed by atoms with Crippen molar-refractivity contribution < 1.29 is 14.4 Å². The molecule has 0 radical (unpaired) electrons. The van der Waals surface area contributed by atoms with Crippen molar-refractivity contribution in [1.82, 2.24) is 9.88 Å². The number of pyridine rings is 1. The van der Waals surface area contributed by atoms with Gasteiger partial charge in [0.05, 0.1) is 11.3 Å². The molecular weight excluding hydrogens is 412 g/mol. The van der Waals surface area contributed by atoms with Gasteiger partial charge in [0, 0.05) is 42.6 Å². The number of rotatable bonds is 5. The van der Waals surface area contributed by atoms with E-state index >= 15 is 0 Å². The lowest BCUT2D eigenvalue weighted by molar-refractivity contribution is 0.102. The van der Waals surface area contributed by atoms with Crippen LogP contribution in [-0.4, -0.2) is 41.0 Å². The van der Waals surface area contributed by atoms with Crippen LogP contribution in [0.2, 0.25) is 0 Å². The second-order valence-electron chi connectivity index (χ2n) is 6.93. The number of amides is 3. The Morgan fingerprint density at radius 3 is 2.19 bits per heavy atom. The van der Waals surface area contributed by atoms with Gasteiger partial charge in [-0.05, 0) is 66.7 Å². The fourth-order valence-corrected chi connectivity index (χ4v) is 3.37. The molecule has 0 unspecified atom stereocenters. The van der Waals surface area contributed by atoms with Gasteiger partial charge in [0.1, 0.15) is 0 Å². The van der Waals surface area contributed by atoms with Crippen molar-refractivity contribution in [1.29, 1.82) is 0 Å². The summed E-state index contributed by atoms with van der Waals surface area (Å²) in [6.45, 7) is 1.83. The molecule has 0 saturated heterocycles. The fraction of sp³-hybridized carbons (Fsp3) is 0.130. The minimum absolute atomic E-state index is 0.0777. The number of aromatic nitrogens is 1. The highest BCUT2D eigenvalue weighted by Gasteiger charge is 2.17. The van der Waals surface area contributed by atoms with Gasteiger partial charge in [0.15, 0.2) is 0 Å². The van der Waals surface area contributed by atoms with Gasteiger partial charge >= 0.3 is 0 Å². The average molecular weight is 435 g/mol. The van der Waals surface area contributed by atoms with Crippen LogP contribution < -0.4 is 10.6 Å². The SMILES string of the molecule is Cc1cccc(C(=O)Nc2ccc(SC(=O)N(C)C)cc2)c1NC(=O)c1ccncc1. The Kier molecular flexibility index (Phi) is 7.04. The van der Waals surface area contributed by atoms with E-state index < -0.39 is 0 Å². The van der Waals surface area contributed by atoms with Gasteiger partial charge in [0.2, 0.25) is 0 Å². The zero-order valence-electron chi connectivity index (χ0n) is 17.4.